The normalized spacial score (nSPS) is 10.5. The quantitative estimate of drug-likeness (QED) is 0.649. The van der Waals surface area contributed by atoms with E-state index in [2.05, 4.69) is 32.1 Å². The molecule has 0 radical (unpaired) electrons. The number of rotatable bonds is 3. The fourth-order valence-electron chi connectivity index (χ4n) is 1.05. The van der Waals surface area contributed by atoms with E-state index in [4.69, 9.17) is 0 Å². The second-order valence-electron chi connectivity index (χ2n) is 3.01. The fourth-order valence-corrected chi connectivity index (χ4v) is 1.05. The van der Waals surface area contributed by atoms with Crippen LogP contribution < -0.4 is 0 Å². The number of hydrogen-bond acceptors (Lipinski definition) is 1. The molecule has 0 atom stereocenters. The maximum atomic E-state index is 4.36. The van der Waals surface area contributed by atoms with Gasteiger partial charge in [-0.3, -0.25) is 4.68 Å². The standard InChI is InChI=1S/C9H16N2/c1-4-5-6-11-7-8(2)9(3)10-11/h7H,4-6H2,1-3H3. The molecule has 2 nitrogen and oxygen atoms in total. The average molecular weight is 152 g/mol. The Morgan fingerprint density at radius 1 is 1.45 bits per heavy atom. The number of aryl methyl sites for hydroxylation is 3. The predicted molar refractivity (Wildman–Crippen MR) is 46.6 cm³/mol. The van der Waals surface area contributed by atoms with Crippen LogP contribution in [0, 0.1) is 13.8 Å². The first kappa shape index (κ1) is 8.31. The molecule has 1 rings (SSSR count). The van der Waals surface area contributed by atoms with Crippen molar-refractivity contribution in [3.8, 4) is 0 Å². The minimum atomic E-state index is 1.06. The third-order valence-electron chi connectivity index (χ3n) is 1.93. The third-order valence-corrected chi connectivity index (χ3v) is 1.93. The average Bonchev–Trinajstić information content (AvgIpc) is 2.28. The van der Waals surface area contributed by atoms with Crippen molar-refractivity contribution in [2.75, 3.05) is 0 Å². The van der Waals surface area contributed by atoms with Crippen LogP contribution in [0.4, 0.5) is 0 Å². The second-order valence-corrected chi connectivity index (χ2v) is 3.01. The Labute approximate surface area is 68.2 Å². The van der Waals surface area contributed by atoms with E-state index in [9.17, 15) is 0 Å². The van der Waals surface area contributed by atoms with Gasteiger partial charge in [0, 0.05) is 12.7 Å². The molecule has 0 saturated carbocycles. The Balaban J connectivity index is 2.58. The molecule has 1 aromatic rings. The van der Waals surface area contributed by atoms with Crippen LogP contribution in [-0.2, 0) is 6.54 Å². The van der Waals surface area contributed by atoms with Crippen molar-refractivity contribution in [2.24, 2.45) is 0 Å². The van der Waals surface area contributed by atoms with Crippen molar-refractivity contribution < 1.29 is 0 Å². The Morgan fingerprint density at radius 3 is 2.64 bits per heavy atom. The van der Waals surface area contributed by atoms with Gasteiger partial charge in [-0.2, -0.15) is 5.10 Å². The molecule has 0 N–H and O–H groups in total. The van der Waals surface area contributed by atoms with Gasteiger partial charge in [0.05, 0.1) is 5.69 Å². The van der Waals surface area contributed by atoms with E-state index in [1.165, 1.54) is 18.4 Å². The number of hydrogen-bond donors (Lipinski definition) is 0. The van der Waals surface area contributed by atoms with Gasteiger partial charge in [0.25, 0.3) is 0 Å². The second kappa shape index (κ2) is 3.56. The molecule has 62 valence electrons. The van der Waals surface area contributed by atoms with Gasteiger partial charge in [-0.25, -0.2) is 0 Å². The van der Waals surface area contributed by atoms with Gasteiger partial charge in [0.1, 0.15) is 0 Å². The van der Waals surface area contributed by atoms with Crippen LogP contribution in [0.2, 0.25) is 0 Å². The Morgan fingerprint density at radius 2 is 2.18 bits per heavy atom. The van der Waals surface area contributed by atoms with Crippen LogP contribution in [-0.4, -0.2) is 9.78 Å². The molecule has 0 spiro atoms. The molecule has 11 heavy (non-hydrogen) atoms. The van der Waals surface area contributed by atoms with Crippen molar-refractivity contribution in [3.63, 3.8) is 0 Å². The molecule has 0 aliphatic rings. The molecule has 0 saturated heterocycles. The van der Waals surface area contributed by atoms with Gasteiger partial charge in [-0.15, -0.1) is 0 Å². The molecular weight excluding hydrogens is 136 g/mol. The molecule has 0 aliphatic carbocycles. The smallest absolute Gasteiger partial charge is 0.0622 e. The largest absolute Gasteiger partial charge is 0.272 e. The predicted octanol–water partition coefficient (Wildman–Crippen LogP) is 2.30. The van der Waals surface area contributed by atoms with Crippen LogP contribution in [0.1, 0.15) is 31.0 Å². The first-order chi connectivity index (χ1) is 5.24. The molecule has 1 aromatic heterocycles. The number of nitrogens with zero attached hydrogens (tertiary/aromatic N) is 2. The van der Waals surface area contributed by atoms with E-state index in [0.717, 1.165) is 12.2 Å². The molecule has 0 fully saturated rings. The Bertz CT molecular complexity index is 206. The highest BCUT2D eigenvalue weighted by Gasteiger charge is 1.97. The fraction of sp³-hybridized carbons (Fsp3) is 0.667. The van der Waals surface area contributed by atoms with Crippen LogP contribution in [0.3, 0.4) is 0 Å². The van der Waals surface area contributed by atoms with Crippen molar-refractivity contribution in [3.05, 3.63) is 17.5 Å². The summed E-state index contributed by atoms with van der Waals surface area (Å²) in [7, 11) is 0. The first-order valence-electron chi connectivity index (χ1n) is 4.24. The van der Waals surface area contributed by atoms with Crippen molar-refractivity contribution in [1.82, 2.24) is 9.78 Å². The molecule has 0 bridgehead atoms. The van der Waals surface area contributed by atoms with E-state index in [-0.39, 0.29) is 0 Å². The summed E-state index contributed by atoms with van der Waals surface area (Å²) in [5.74, 6) is 0. The van der Waals surface area contributed by atoms with E-state index in [1.54, 1.807) is 0 Å². The summed E-state index contributed by atoms with van der Waals surface area (Å²) in [6.45, 7) is 7.41. The van der Waals surface area contributed by atoms with E-state index in [1.807, 2.05) is 4.68 Å². The zero-order valence-corrected chi connectivity index (χ0v) is 7.59. The summed E-state index contributed by atoms with van der Waals surface area (Å²) >= 11 is 0. The SMILES string of the molecule is CCCCn1cc(C)c(C)n1. The number of aromatic nitrogens is 2. The monoisotopic (exact) mass is 152 g/mol. The minimum absolute atomic E-state index is 1.06. The molecule has 0 amide bonds. The summed E-state index contributed by atoms with van der Waals surface area (Å²) in [5.41, 5.74) is 2.45. The van der Waals surface area contributed by atoms with Gasteiger partial charge in [-0.1, -0.05) is 13.3 Å². The number of unbranched alkanes of at least 4 members (excludes halogenated alkanes) is 1. The summed E-state index contributed by atoms with van der Waals surface area (Å²) in [4.78, 5) is 0. The third kappa shape index (κ3) is 2.07. The molecule has 0 aromatic carbocycles. The molecular formula is C9H16N2. The topological polar surface area (TPSA) is 17.8 Å². The summed E-state index contributed by atoms with van der Waals surface area (Å²) in [6, 6.07) is 0. The first-order valence-corrected chi connectivity index (χ1v) is 4.24. The lowest BCUT2D eigenvalue weighted by molar-refractivity contribution is 0.568. The van der Waals surface area contributed by atoms with Crippen LogP contribution in [0.15, 0.2) is 6.20 Å². The maximum Gasteiger partial charge on any atom is 0.0622 e. The van der Waals surface area contributed by atoms with Gasteiger partial charge in [-0.05, 0) is 25.8 Å². The van der Waals surface area contributed by atoms with E-state index < -0.39 is 0 Å². The zero-order chi connectivity index (χ0) is 8.27. The van der Waals surface area contributed by atoms with Crippen molar-refractivity contribution in [2.45, 2.75) is 40.2 Å². The maximum absolute atomic E-state index is 4.36. The Hall–Kier alpha value is -0.790. The van der Waals surface area contributed by atoms with E-state index >= 15 is 0 Å². The molecule has 0 aliphatic heterocycles. The highest BCUT2D eigenvalue weighted by molar-refractivity contribution is 5.12. The summed E-state index contributed by atoms with van der Waals surface area (Å²) < 4.78 is 2.04. The van der Waals surface area contributed by atoms with Gasteiger partial charge in [0.2, 0.25) is 0 Å². The van der Waals surface area contributed by atoms with E-state index in [0.29, 0.717) is 0 Å². The lowest BCUT2D eigenvalue weighted by Crippen LogP contribution is -1.97. The summed E-state index contributed by atoms with van der Waals surface area (Å²) in [5, 5.41) is 4.36. The lowest BCUT2D eigenvalue weighted by atomic mass is 10.3. The lowest BCUT2D eigenvalue weighted by Gasteiger charge is -1.96. The highest BCUT2D eigenvalue weighted by atomic mass is 15.3. The molecule has 0 unspecified atom stereocenters. The molecule has 2 heteroatoms. The van der Waals surface area contributed by atoms with Crippen LogP contribution in [0.5, 0.6) is 0 Å². The highest BCUT2D eigenvalue weighted by Crippen LogP contribution is 2.03. The van der Waals surface area contributed by atoms with Gasteiger partial charge in [0.15, 0.2) is 0 Å². The zero-order valence-electron chi connectivity index (χ0n) is 7.59. The van der Waals surface area contributed by atoms with Crippen molar-refractivity contribution in [1.29, 1.82) is 0 Å². The van der Waals surface area contributed by atoms with Gasteiger partial charge < -0.3 is 0 Å². The van der Waals surface area contributed by atoms with Crippen LogP contribution >= 0.6 is 0 Å². The van der Waals surface area contributed by atoms with Crippen molar-refractivity contribution >= 4 is 0 Å². The van der Waals surface area contributed by atoms with Crippen LogP contribution in [0.25, 0.3) is 0 Å². The Kier molecular flexibility index (Phi) is 2.69. The minimum Gasteiger partial charge on any atom is -0.272 e. The molecule has 1 heterocycles. The van der Waals surface area contributed by atoms with Gasteiger partial charge >= 0.3 is 0 Å². The summed E-state index contributed by atoms with van der Waals surface area (Å²) in [6.07, 6.45) is 4.57.